The fourth-order valence-electron chi connectivity index (χ4n) is 1.23. The fraction of sp³-hybridized carbons (Fsp3) is 0.200. The second-order valence-corrected chi connectivity index (χ2v) is 4.74. The van der Waals surface area contributed by atoms with Gasteiger partial charge in [-0.3, -0.25) is 0 Å². The number of anilines is 1. The van der Waals surface area contributed by atoms with E-state index in [1.807, 2.05) is 25.1 Å². The Kier molecular flexibility index (Phi) is 3.36. The molecular weight excluding hydrogens is 244 g/mol. The average Bonchev–Trinajstić information content (AvgIpc) is 2.63. The number of aryl methyl sites for hydroxylation is 1. The van der Waals surface area contributed by atoms with Crippen LogP contribution in [0.2, 0.25) is 5.02 Å². The zero-order chi connectivity index (χ0) is 11.5. The molecule has 0 saturated carbocycles. The molecular formula is C10H11ClN4S. The molecule has 84 valence electrons. The summed E-state index contributed by atoms with van der Waals surface area (Å²) in [6.07, 6.45) is 0. The number of hydrogen-bond acceptors (Lipinski definition) is 4. The number of rotatable bonds is 3. The molecule has 0 fully saturated rings. The van der Waals surface area contributed by atoms with Crippen LogP contribution < -0.4 is 5.73 Å². The maximum atomic E-state index is 6.11. The molecule has 0 aliphatic rings. The van der Waals surface area contributed by atoms with Crippen LogP contribution in [0.15, 0.2) is 23.4 Å². The summed E-state index contributed by atoms with van der Waals surface area (Å²) < 4.78 is 0. The number of H-pyrrole nitrogens is 1. The molecule has 2 rings (SSSR count). The van der Waals surface area contributed by atoms with Crippen LogP contribution in [-0.2, 0) is 5.75 Å². The molecule has 0 atom stereocenters. The highest BCUT2D eigenvalue weighted by Gasteiger charge is 2.04. The summed E-state index contributed by atoms with van der Waals surface area (Å²) in [5.74, 6) is 1.06. The van der Waals surface area contributed by atoms with Crippen molar-refractivity contribution in [2.75, 3.05) is 5.73 Å². The highest BCUT2D eigenvalue weighted by Crippen LogP contribution is 2.25. The summed E-state index contributed by atoms with van der Waals surface area (Å²) in [6.45, 7) is 2.01. The standard InChI is InChI=1S/C10H11ClN4S/c1-6-2-3-7(8(11)4-6)5-16-10-13-9(12)14-15-10/h2-4H,5H2,1H3,(H3,12,13,14,15). The van der Waals surface area contributed by atoms with Gasteiger partial charge in [0.1, 0.15) is 0 Å². The van der Waals surface area contributed by atoms with Crippen molar-refractivity contribution in [2.24, 2.45) is 0 Å². The summed E-state index contributed by atoms with van der Waals surface area (Å²) in [5.41, 5.74) is 7.65. The highest BCUT2D eigenvalue weighted by molar-refractivity contribution is 7.98. The Balaban J connectivity index is 2.04. The van der Waals surface area contributed by atoms with E-state index in [0.29, 0.717) is 11.1 Å². The first-order valence-electron chi connectivity index (χ1n) is 4.71. The van der Waals surface area contributed by atoms with Gasteiger partial charge in [0.25, 0.3) is 0 Å². The molecule has 0 amide bonds. The Morgan fingerprint density at radius 3 is 2.94 bits per heavy atom. The van der Waals surface area contributed by atoms with E-state index < -0.39 is 0 Å². The molecule has 0 aliphatic carbocycles. The van der Waals surface area contributed by atoms with Gasteiger partial charge >= 0.3 is 0 Å². The Bertz CT molecular complexity index is 497. The summed E-state index contributed by atoms with van der Waals surface area (Å²) in [6, 6.07) is 6.00. The molecule has 16 heavy (non-hydrogen) atoms. The third-order valence-corrected chi connectivity index (χ3v) is 3.30. The molecule has 2 aromatic rings. The quantitative estimate of drug-likeness (QED) is 0.827. The average molecular weight is 255 g/mol. The Hall–Kier alpha value is -1.20. The van der Waals surface area contributed by atoms with E-state index in [1.165, 1.54) is 11.8 Å². The molecule has 1 heterocycles. The maximum Gasteiger partial charge on any atom is 0.216 e. The number of halogens is 1. The van der Waals surface area contributed by atoms with Gasteiger partial charge in [-0.15, -0.1) is 5.10 Å². The minimum absolute atomic E-state index is 0.331. The van der Waals surface area contributed by atoms with Crippen molar-refractivity contribution in [3.8, 4) is 0 Å². The smallest absolute Gasteiger partial charge is 0.216 e. The molecule has 0 spiro atoms. The number of aromatic amines is 1. The van der Waals surface area contributed by atoms with Gasteiger partial charge in [0.05, 0.1) is 0 Å². The van der Waals surface area contributed by atoms with Crippen molar-refractivity contribution in [1.82, 2.24) is 15.2 Å². The van der Waals surface area contributed by atoms with Crippen LogP contribution in [0.5, 0.6) is 0 Å². The van der Waals surface area contributed by atoms with Crippen molar-refractivity contribution in [2.45, 2.75) is 17.8 Å². The molecule has 1 aromatic carbocycles. The van der Waals surface area contributed by atoms with E-state index in [9.17, 15) is 0 Å². The van der Waals surface area contributed by atoms with E-state index in [0.717, 1.165) is 21.9 Å². The highest BCUT2D eigenvalue weighted by atomic mass is 35.5. The second-order valence-electron chi connectivity index (χ2n) is 3.39. The predicted molar refractivity (Wildman–Crippen MR) is 66.5 cm³/mol. The first-order chi connectivity index (χ1) is 7.65. The van der Waals surface area contributed by atoms with E-state index in [-0.39, 0.29) is 0 Å². The van der Waals surface area contributed by atoms with Crippen LogP contribution >= 0.6 is 23.4 Å². The molecule has 1 aromatic heterocycles. The van der Waals surface area contributed by atoms with Crippen LogP contribution in [0.4, 0.5) is 5.95 Å². The van der Waals surface area contributed by atoms with Crippen molar-refractivity contribution < 1.29 is 0 Å². The minimum Gasteiger partial charge on any atom is -0.368 e. The molecule has 0 aliphatic heterocycles. The van der Waals surface area contributed by atoms with Gasteiger partial charge in [0.15, 0.2) is 0 Å². The Morgan fingerprint density at radius 1 is 1.50 bits per heavy atom. The van der Waals surface area contributed by atoms with Gasteiger partial charge in [-0.2, -0.15) is 4.98 Å². The summed E-state index contributed by atoms with van der Waals surface area (Å²) in [7, 11) is 0. The largest absolute Gasteiger partial charge is 0.368 e. The predicted octanol–water partition coefficient (Wildman–Crippen LogP) is 2.64. The van der Waals surface area contributed by atoms with Crippen LogP contribution in [0.1, 0.15) is 11.1 Å². The summed E-state index contributed by atoms with van der Waals surface area (Å²) >= 11 is 7.61. The molecule has 0 unspecified atom stereocenters. The van der Waals surface area contributed by atoms with Crippen LogP contribution in [0.25, 0.3) is 0 Å². The lowest BCUT2D eigenvalue weighted by Gasteiger charge is -2.02. The molecule has 0 saturated heterocycles. The number of nitrogens with one attached hydrogen (secondary N) is 1. The Labute approximate surface area is 103 Å². The van der Waals surface area contributed by atoms with Crippen molar-refractivity contribution >= 4 is 29.3 Å². The second kappa shape index (κ2) is 4.76. The topological polar surface area (TPSA) is 67.6 Å². The fourth-order valence-corrected chi connectivity index (χ4v) is 2.42. The number of hydrogen-bond donors (Lipinski definition) is 2. The lowest BCUT2D eigenvalue weighted by atomic mass is 10.2. The molecule has 0 radical (unpaired) electrons. The summed E-state index contributed by atoms with van der Waals surface area (Å²) in [5, 5.41) is 7.94. The molecule has 4 nitrogen and oxygen atoms in total. The number of thioether (sulfide) groups is 1. The SMILES string of the molecule is Cc1ccc(CSc2n[nH]c(N)n2)c(Cl)c1. The molecule has 6 heteroatoms. The van der Waals surface area contributed by atoms with E-state index in [1.54, 1.807) is 0 Å². The molecule has 3 N–H and O–H groups in total. The van der Waals surface area contributed by atoms with E-state index in [4.69, 9.17) is 17.3 Å². The van der Waals surface area contributed by atoms with Crippen LogP contribution in [0.3, 0.4) is 0 Å². The van der Waals surface area contributed by atoms with Crippen LogP contribution in [0, 0.1) is 6.92 Å². The van der Waals surface area contributed by atoms with Gasteiger partial charge in [-0.1, -0.05) is 35.5 Å². The zero-order valence-electron chi connectivity index (χ0n) is 8.70. The summed E-state index contributed by atoms with van der Waals surface area (Å²) in [4.78, 5) is 4.00. The third-order valence-electron chi connectivity index (χ3n) is 2.05. The monoisotopic (exact) mass is 254 g/mol. The van der Waals surface area contributed by atoms with Gasteiger partial charge in [-0.25, -0.2) is 5.10 Å². The maximum absolute atomic E-state index is 6.11. The molecule has 0 bridgehead atoms. The van der Waals surface area contributed by atoms with Crippen molar-refractivity contribution in [3.63, 3.8) is 0 Å². The number of nitrogen functional groups attached to an aromatic ring is 1. The van der Waals surface area contributed by atoms with Crippen molar-refractivity contribution in [3.05, 3.63) is 34.3 Å². The Morgan fingerprint density at radius 2 is 2.31 bits per heavy atom. The van der Waals surface area contributed by atoms with E-state index in [2.05, 4.69) is 15.2 Å². The number of benzene rings is 1. The van der Waals surface area contributed by atoms with Gasteiger partial charge < -0.3 is 5.73 Å². The van der Waals surface area contributed by atoms with Gasteiger partial charge in [0.2, 0.25) is 11.1 Å². The number of aromatic nitrogens is 3. The lowest BCUT2D eigenvalue weighted by Crippen LogP contribution is -1.86. The lowest BCUT2D eigenvalue weighted by molar-refractivity contribution is 0.973. The van der Waals surface area contributed by atoms with Crippen LogP contribution in [-0.4, -0.2) is 15.2 Å². The normalized spacial score (nSPS) is 10.6. The minimum atomic E-state index is 0.331. The first kappa shape index (κ1) is 11.3. The van der Waals surface area contributed by atoms with Gasteiger partial charge in [0, 0.05) is 10.8 Å². The first-order valence-corrected chi connectivity index (χ1v) is 6.07. The number of nitrogens with two attached hydrogens (primary N) is 1. The zero-order valence-corrected chi connectivity index (χ0v) is 10.3. The number of nitrogens with zero attached hydrogens (tertiary/aromatic N) is 2. The van der Waals surface area contributed by atoms with Crippen molar-refractivity contribution in [1.29, 1.82) is 0 Å². The third kappa shape index (κ3) is 2.68. The van der Waals surface area contributed by atoms with E-state index >= 15 is 0 Å². The van der Waals surface area contributed by atoms with Gasteiger partial charge in [-0.05, 0) is 24.1 Å².